The zero-order valence-corrected chi connectivity index (χ0v) is 25.4. The van der Waals surface area contributed by atoms with E-state index in [0.29, 0.717) is 0 Å². The summed E-state index contributed by atoms with van der Waals surface area (Å²) in [5.74, 6) is 0.903. The van der Waals surface area contributed by atoms with E-state index in [1.165, 1.54) is 108 Å². The normalized spacial score (nSPS) is 10.8. The van der Waals surface area contributed by atoms with Crippen LogP contribution < -0.4 is 0 Å². The van der Waals surface area contributed by atoms with Gasteiger partial charge in [0.25, 0.3) is 0 Å². The Morgan fingerprint density at radius 3 is 1.76 bits per heavy atom. The molecule has 206 valence electrons. The molecule has 0 aliphatic heterocycles. The minimum Gasteiger partial charge on any atom is -0.381 e. The highest BCUT2D eigenvalue weighted by molar-refractivity contribution is 4.95. The Kier molecular flexibility index (Phi) is 50.3. The van der Waals surface area contributed by atoms with Crippen LogP contribution in [0.1, 0.15) is 158 Å². The highest BCUT2D eigenvalue weighted by Gasteiger charge is 2.07. The summed E-state index contributed by atoms with van der Waals surface area (Å²) >= 11 is 0. The van der Waals surface area contributed by atoms with Crippen molar-refractivity contribution in [2.45, 2.75) is 158 Å². The molecule has 0 rings (SSSR count). The van der Waals surface area contributed by atoms with Gasteiger partial charge in [-0.3, -0.25) is 0 Å². The van der Waals surface area contributed by atoms with Gasteiger partial charge in [-0.1, -0.05) is 156 Å². The standard InChI is InChI=1S/C16H32.C10H20O.C5H10.C2H6/c1-5-8-9-10-11-13-16(7-3)14-15(4)12-6-2;1-3-4-5-6-7-8-9-10-11-2;1-3-5-4-2;1-2/h16H,4-14H2,1-3H3;8-9H,3-7,10H2,1-2H3;3H,1,4-5H2,2H3;1-2H3/b;9-8-;;. The van der Waals surface area contributed by atoms with Gasteiger partial charge in [0.1, 0.15) is 0 Å². The van der Waals surface area contributed by atoms with Crippen molar-refractivity contribution in [2.24, 2.45) is 5.92 Å². The van der Waals surface area contributed by atoms with Crippen LogP contribution in [0.4, 0.5) is 0 Å². The number of hydrogen-bond donors (Lipinski definition) is 0. The molecule has 0 saturated heterocycles. The van der Waals surface area contributed by atoms with E-state index < -0.39 is 0 Å². The predicted molar refractivity (Wildman–Crippen MR) is 162 cm³/mol. The van der Waals surface area contributed by atoms with Gasteiger partial charge in [0.15, 0.2) is 0 Å². The highest BCUT2D eigenvalue weighted by Crippen LogP contribution is 2.23. The minimum absolute atomic E-state index is 0.758. The Labute approximate surface area is 218 Å². The van der Waals surface area contributed by atoms with Gasteiger partial charge in [-0.2, -0.15) is 0 Å². The smallest absolute Gasteiger partial charge is 0.0643 e. The summed E-state index contributed by atoms with van der Waals surface area (Å²) in [4.78, 5) is 0. The number of allylic oxidation sites excluding steroid dienone is 3. The van der Waals surface area contributed by atoms with E-state index >= 15 is 0 Å². The second kappa shape index (κ2) is 42.3. The molecule has 1 atom stereocenters. The Morgan fingerprint density at radius 2 is 1.32 bits per heavy atom. The summed E-state index contributed by atoms with van der Waals surface area (Å²) < 4.78 is 4.88. The molecule has 1 heteroatoms. The van der Waals surface area contributed by atoms with Crippen LogP contribution in [-0.4, -0.2) is 13.7 Å². The van der Waals surface area contributed by atoms with Gasteiger partial charge >= 0.3 is 0 Å². The van der Waals surface area contributed by atoms with Crippen LogP contribution in [0.5, 0.6) is 0 Å². The van der Waals surface area contributed by atoms with E-state index in [9.17, 15) is 0 Å². The third kappa shape index (κ3) is 44.8. The molecule has 0 aromatic carbocycles. The first-order chi connectivity index (χ1) is 16.6. The second-order valence-corrected chi connectivity index (χ2v) is 9.03. The first kappa shape index (κ1) is 40.4. The summed E-state index contributed by atoms with van der Waals surface area (Å²) in [6.07, 6.45) is 28.8. The summed E-state index contributed by atoms with van der Waals surface area (Å²) in [7, 11) is 1.72. The number of rotatable bonds is 20. The number of ether oxygens (including phenoxy) is 1. The van der Waals surface area contributed by atoms with Gasteiger partial charge < -0.3 is 4.74 Å². The molecule has 0 heterocycles. The molecule has 0 spiro atoms. The predicted octanol–water partition coefficient (Wildman–Crippen LogP) is 12.3. The lowest BCUT2D eigenvalue weighted by atomic mass is 9.90. The van der Waals surface area contributed by atoms with Crippen molar-refractivity contribution in [3.63, 3.8) is 0 Å². The SMILES string of the molecule is C=C(CCC)CC(CC)CCCCCCC.C=CCCC.CC.CCCCCC/C=C\COC. The Bertz CT molecular complexity index is 369. The fourth-order valence-electron chi connectivity index (χ4n) is 3.53. The Morgan fingerprint density at radius 1 is 0.735 bits per heavy atom. The van der Waals surface area contributed by atoms with Crippen LogP contribution >= 0.6 is 0 Å². The average Bonchev–Trinajstić information content (AvgIpc) is 2.85. The molecule has 1 unspecified atom stereocenters. The fraction of sp³-hybridized carbons (Fsp3) is 0.818. The third-order valence-corrected chi connectivity index (χ3v) is 5.62. The molecular weight excluding hydrogens is 412 g/mol. The van der Waals surface area contributed by atoms with Crippen LogP contribution in [-0.2, 0) is 4.74 Å². The van der Waals surface area contributed by atoms with E-state index in [0.717, 1.165) is 18.9 Å². The van der Waals surface area contributed by atoms with Crippen LogP contribution in [0, 0.1) is 5.92 Å². The van der Waals surface area contributed by atoms with Gasteiger partial charge in [0, 0.05) is 7.11 Å². The van der Waals surface area contributed by atoms with Crippen molar-refractivity contribution >= 4 is 0 Å². The van der Waals surface area contributed by atoms with Crippen molar-refractivity contribution < 1.29 is 4.74 Å². The average molecular weight is 481 g/mol. The maximum Gasteiger partial charge on any atom is 0.0643 e. The monoisotopic (exact) mass is 481 g/mol. The van der Waals surface area contributed by atoms with Crippen molar-refractivity contribution in [1.82, 2.24) is 0 Å². The molecule has 0 amide bonds. The van der Waals surface area contributed by atoms with Gasteiger partial charge in [0.05, 0.1) is 6.61 Å². The van der Waals surface area contributed by atoms with Crippen molar-refractivity contribution in [3.05, 3.63) is 37.0 Å². The summed E-state index contributed by atoms with van der Waals surface area (Å²) in [6.45, 7) is 23.7. The van der Waals surface area contributed by atoms with Gasteiger partial charge in [0.2, 0.25) is 0 Å². The third-order valence-electron chi connectivity index (χ3n) is 5.62. The molecule has 1 nitrogen and oxygen atoms in total. The molecule has 0 aliphatic carbocycles. The topological polar surface area (TPSA) is 9.23 Å². The molecular formula is C33H68O. The lowest BCUT2D eigenvalue weighted by Crippen LogP contribution is -2.00. The van der Waals surface area contributed by atoms with Crippen LogP contribution in [0.2, 0.25) is 0 Å². The first-order valence-electron chi connectivity index (χ1n) is 15.0. The molecule has 34 heavy (non-hydrogen) atoms. The Hall–Kier alpha value is -0.820. The molecule has 0 aliphatic rings. The van der Waals surface area contributed by atoms with E-state index in [1.807, 2.05) is 19.9 Å². The maximum atomic E-state index is 4.88. The second-order valence-electron chi connectivity index (χ2n) is 9.03. The molecule has 0 N–H and O–H groups in total. The van der Waals surface area contributed by atoms with Gasteiger partial charge in [-0.15, -0.1) is 6.58 Å². The van der Waals surface area contributed by atoms with E-state index in [-0.39, 0.29) is 0 Å². The quantitative estimate of drug-likeness (QED) is 0.124. The van der Waals surface area contributed by atoms with Gasteiger partial charge in [-0.05, 0) is 38.0 Å². The molecule has 0 fully saturated rings. The van der Waals surface area contributed by atoms with Crippen LogP contribution in [0.3, 0.4) is 0 Å². The largest absolute Gasteiger partial charge is 0.381 e. The summed E-state index contributed by atoms with van der Waals surface area (Å²) in [5.41, 5.74) is 1.47. The lowest BCUT2D eigenvalue weighted by Gasteiger charge is -2.16. The zero-order valence-electron chi connectivity index (χ0n) is 25.4. The highest BCUT2D eigenvalue weighted by atomic mass is 16.5. The van der Waals surface area contributed by atoms with Crippen molar-refractivity contribution in [2.75, 3.05) is 13.7 Å². The van der Waals surface area contributed by atoms with E-state index in [4.69, 9.17) is 4.74 Å². The van der Waals surface area contributed by atoms with Crippen LogP contribution in [0.25, 0.3) is 0 Å². The van der Waals surface area contributed by atoms with E-state index in [1.54, 1.807) is 7.11 Å². The minimum atomic E-state index is 0.758. The zero-order chi connectivity index (χ0) is 26.7. The lowest BCUT2D eigenvalue weighted by molar-refractivity contribution is 0.233. The number of hydrogen-bond acceptors (Lipinski definition) is 1. The molecule has 0 bridgehead atoms. The molecule has 0 saturated carbocycles. The van der Waals surface area contributed by atoms with Gasteiger partial charge in [-0.25, -0.2) is 0 Å². The summed E-state index contributed by atoms with van der Waals surface area (Å²) in [6, 6.07) is 0. The summed E-state index contributed by atoms with van der Waals surface area (Å²) in [5, 5.41) is 0. The Balaban J connectivity index is -0.000000216. The molecule has 0 aromatic heterocycles. The van der Waals surface area contributed by atoms with Crippen LogP contribution in [0.15, 0.2) is 37.0 Å². The molecule has 0 aromatic rings. The van der Waals surface area contributed by atoms with Crippen molar-refractivity contribution in [3.8, 4) is 0 Å². The number of methoxy groups -OCH3 is 1. The first-order valence-corrected chi connectivity index (χ1v) is 15.0. The van der Waals surface area contributed by atoms with E-state index in [2.05, 4.69) is 59.9 Å². The number of unbranched alkanes of at least 4 members (excludes halogenated alkanes) is 9. The van der Waals surface area contributed by atoms with Crippen molar-refractivity contribution in [1.29, 1.82) is 0 Å². The molecule has 0 radical (unpaired) electrons. The fourth-order valence-corrected chi connectivity index (χ4v) is 3.53. The maximum absolute atomic E-state index is 4.88.